The summed E-state index contributed by atoms with van der Waals surface area (Å²) in [5.74, 6) is 0.356. The largest absolute Gasteiger partial charge is 0.493 e. The van der Waals surface area contributed by atoms with Crippen LogP contribution in [0.4, 0.5) is 16.2 Å². The van der Waals surface area contributed by atoms with Crippen molar-refractivity contribution in [2.45, 2.75) is 6.61 Å². The van der Waals surface area contributed by atoms with Crippen LogP contribution in [0.25, 0.3) is 6.08 Å². The number of nitro benzene ring substituents is 1. The van der Waals surface area contributed by atoms with Crippen LogP contribution < -0.4 is 19.7 Å². The van der Waals surface area contributed by atoms with Crippen LogP contribution in [-0.4, -0.2) is 24.0 Å². The van der Waals surface area contributed by atoms with Crippen molar-refractivity contribution in [3.8, 4) is 11.5 Å². The summed E-state index contributed by atoms with van der Waals surface area (Å²) < 4.78 is 11.2. The standard InChI is InChI=1S/C24H18ClN3O6/c1-33-22-12-16(7-10-21(22)34-14-15-5-8-18(9-6-15)28(31)32)11-20-23(29)27(24(30)26-20)19-4-2-3-17(25)13-19/h2-13H,14H2,1H3,(H,26,30)/b20-11+. The number of hydrogen-bond acceptors (Lipinski definition) is 6. The summed E-state index contributed by atoms with van der Waals surface area (Å²) in [6.07, 6.45) is 1.54. The van der Waals surface area contributed by atoms with Gasteiger partial charge in [-0.25, -0.2) is 9.69 Å². The predicted octanol–water partition coefficient (Wildman–Crippen LogP) is 4.93. The number of nitrogens with zero attached hydrogens (tertiary/aromatic N) is 2. The van der Waals surface area contributed by atoms with Crippen LogP contribution in [0.15, 0.2) is 72.4 Å². The van der Waals surface area contributed by atoms with E-state index in [0.29, 0.717) is 27.8 Å². The number of non-ortho nitro benzene ring substituents is 1. The molecular weight excluding hydrogens is 462 g/mol. The molecule has 0 bridgehead atoms. The van der Waals surface area contributed by atoms with Crippen molar-refractivity contribution in [1.82, 2.24) is 5.32 Å². The van der Waals surface area contributed by atoms with Gasteiger partial charge in [0.2, 0.25) is 0 Å². The highest BCUT2D eigenvalue weighted by molar-refractivity contribution is 6.32. The third-order valence-corrected chi connectivity index (χ3v) is 5.22. The van der Waals surface area contributed by atoms with Crippen LogP contribution in [0.2, 0.25) is 5.02 Å². The number of hydrogen-bond donors (Lipinski definition) is 1. The lowest BCUT2D eigenvalue weighted by molar-refractivity contribution is -0.384. The zero-order valence-corrected chi connectivity index (χ0v) is 18.6. The molecule has 1 N–H and O–H groups in total. The Balaban J connectivity index is 1.50. The lowest BCUT2D eigenvalue weighted by Crippen LogP contribution is -2.30. The van der Waals surface area contributed by atoms with E-state index in [1.165, 1.54) is 31.4 Å². The number of benzene rings is 3. The van der Waals surface area contributed by atoms with Gasteiger partial charge in [-0.2, -0.15) is 0 Å². The second kappa shape index (κ2) is 9.63. The fourth-order valence-corrected chi connectivity index (χ4v) is 3.50. The molecule has 4 rings (SSSR count). The number of imide groups is 1. The first-order valence-electron chi connectivity index (χ1n) is 10.0. The van der Waals surface area contributed by atoms with Crippen LogP contribution in [0.5, 0.6) is 11.5 Å². The quantitative estimate of drug-likeness (QED) is 0.222. The molecule has 0 unspecified atom stereocenters. The lowest BCUT2D eigenvalue weighted by Gasteiger charge is -2.12. The van der Waals surface area contributed by atoms with Gasteiger partial charge in [0.05, 0.1) is 17.7 Å². The van der Waals surface area contributed by atoms with E-state index >= 15 is 0 Å². The van der Waals surface area contributed by atoms with Crippen molar-refractivity contribution in [1.29, 1.82) is 0 Å². The third kappa shape index (κ3) is 4.84. The summed E-state index contributed by atoms with van der Waals surface area (Å²) in [5.41, 5.74) is 1.83. The van der Waals surface area contributed by atoms with E-state index in [0.717, 1.165) is 10.5 Å². The maximum Gasteiger partial charge on any atom is 0.333 e. The van der Waals surface area contributed by atoms with Crippen molar-refractivity contribution in [2.75, 3.05) is 12.0 Å². The molecule has 34 heavy (non-hydrogen) atoms. The average molecular weight is 480 g/mol. The van der Waals surface area contributed by atoms with Gasteiger partial charge in [0, 0.05) is 17.2 Å². The Morgan fingerprint density at radius 3 is 2.50 bits per heavy atom. The number of carbonyl (C=O) groups is 2. The second-order valence-electron chi connectivity index (χ2n) is 7.23. The summed E-state index contributed by atoms with van der Waals surface area (Å²) in [6, 6.07) is 17.0. The van der Waals surface area contributed by atoms with Gasteiger partial charge in [-0.3, -0.25) is 14.9 Å². The molecule has 172 valence electrons. The molecule has 0 atom stereocenters. The maximum absolute atomic E-state index is 12.8. The van der Waals surface area contributed by atoms with Gasteiger partial charge >= 0.3 is 6.03 Å². The Labute approximate surface area is 199 Å². The smallest absolute Gasteiger partial charge is 0.333 e. The van der Waals surface area contributed by atoms with Gasteiger partial charge in [0.15, 0.2) is 11.5 Å². The monoisotopic (exact) mass is 479 g/mol. The summed E-state index contributed by atoms with van der Waals surface area (Å²) in [5, 5.41) is 13.7. The molecule has 0 aliphatic carbocycles. The molecule has 0 aromatic heterocycles. The van der Waals surface area contributed by atoms with Crippen molar-refractivity contribution in [3.63, 3.8) is 0 Å². The number of nitro groups is 1. The van der Waals surface area contributed by atoms with Crippen LogP contribution >= 0.6 is 11.6 Å². The normalized spacial score (nSPS) is 14.3. The molecule has 1 aliphatic heterocycles. The number of amides is 3. The molecule has 3 aromatic rings. The predicted molar refractivity (Wildman–Crippen MR) is 126 cm³/mol. The SMILES string of the molecule is COc1cc(/C=C2/NC(=O)N(c3cccc(Cl)c3)C2=O)ccc1OCc1ccc([N+](=O)[O-])cc1. The molecule has 10 heteroatoms. The number of halogens is 1. The number of ether oxygens (including phenoxy) is 2. The number of rotatable bonds is 7. The molecule has 1 fully saturated rings. The minimum absolute atomic E-state index is 0.00111. The van der Waals surface area contributed by atoms with Crippen molar-refractivity contribution in [2.24, 2.45) is 0 Å². The number of carbonyl (C=O) groups excluding carboxylic acids is 2. The van der Waals surface area contributed by atoms with E-state index in [4.69, 9.17) is 21.1 Å². The lowest BCUT2D eigenvalue weighted by atomic mass is 10.1. The zero-order valence-electron chi connectivity index (χ0n) is 17.9. The Bertz CT molecular complexity index is 1310. The van der Waals surface area contributed by atoms with Crippen molar-refractivity contribution >= 4 is 41.0 Å². The molecule has 1 heterocycles. The zero-order chi connectivity index (χ0) is 24.2. The van der Waals surface area contributed by atoms with Gasteiger partial charge in [0.25, 0.3) is 11.6 Å². The molecule has 0 saturated carbocycles. The number of methoxy groups -OCH3 is 1. The third-order valence-electron chi connectivity index (χ3n) is 4.98. The summed E-state index contributed by atoms with van der Waals surface area (Å²) in [4.78, 5) is 36.5. The molecule has 1 saturated heterocycles. The van der Waals surface area contributed by atoms with Crippen LogP contribution in [0.1, 0.15) is 11.1 Å². The Morgan fingerprint density at radius 2 is 1.82 bits per heavy atom. The van der Waals surface area contributed by atoms with E-state index < -0.39 is 16.9 Å². The van der Waals surface area contributed by atoms with E-state index in [9.17, 15) is 19.7 Å². The molecule has 9 nitrogen and oxygen atoms in total. The maximum atomic E-state index is 12.8. The Morgan fingerprint density at radius 1 is 1.06 bits per heavy atom. The van der Waals surface area contributed by atoms with Gasteiger partial charge in [-0.1, -0.05) is 23.7 Å². The van der Waals surface area contributed by atoms with E-state index in [2.05, 4.69) is 5.32 Å². The fourth-order valence-electron chi connectivity index (χ4n) is 3.32. The summed E-state index contributed by atoms with van der Waals surface area (Å²) in [7, 11) is 1.48. The van der Waals surface area contributed by atoms with Crippen LogP contribution in [0.3, 0.4) is 0 Å². The first-order valence-corrected chi connectivity index (χ1v) is 10.4. The number of urea groups is 1. The van der Waals surface area contributed by atoms with Gasteiger partial charge in [0.1, 0.15) is 12.3 Å². The first kappa shape index (κ1) is 22.8. The highest BCUT2D eigenvalue weighted by Crippen LogP contribution is 2.31. The summed E-state index contributed by atoms with van der Waals surface area (Å²) in [6.45, 7) is 0.179. The van der Waals surface area contributed by atoms with Gasteiger partial charge in [-0.05, 0) is 59.7 Å². The molecule has 1 aliphatic rings. The average Bonchev–Trinajstić information content (AvgIpc) is 3.10. The molecule has 0 spiro atoms. The molecular formula is C24H18ClN3O6. The number of nitrogens with one attached hydrogen (secondary N) is 1. The minimum atomic E-state index is -0.575. The van der Waals surface area contributed by atoms with E-state index in [1.54, 1.807) is 48.5 Å². The van der Waals surface area contributed by atoms with Gasteiger partial charge in [-0.15, -0.1) is 0 Å². The Hall–Kier alpha value is -4.37. The van der Waals surface area contributed by atoms with Crippen LogP contribution in [0, 0.1) is 10.1 Å². The highest BCUT2D eigenvalue weighted by Gasteiger charge is 2.35. The van der Waals surface area contributed by atoms with E-state index in [-0.39, 0.29) is 18.0 Å². The van der Waals surface area contributed by atoms with E-state index in [1.807, 2.05) is 0 Å². The second-order valence-corrected chi connectivity index (χ2v) is 7.67. The molecule has 3 aromatic carbocycles. The molecule has 3 amide bonds. The number of anilines is 1. The fraction of sp³-hybridized carbons (Fsp3) is 0.0833. The minimum Gasteiger partial charge on any atom is -0.493 e. The topological polar surface area (TPSA) is 111 Å². The first-order chi connectivity index (χ1) is 16.4. The van der Waals surface area contributed by atoms with Gasteiger partial charge < -0.3 is 14.8 Å². The van der Waals surface area contributed by atoms with Crippen molar-refractivity contribution < 1.29 is 24.0 Å². The summed E-state index contributed by atoms with van der Waals surface area (Å²) >= 11 is 5.98. The Kier molecular flexibility index (Phi) is 6.46. The van der Waals surface area contributed by atoms with Crippen molar-refractivity contribution in [3.05, 3.63) is 98.7 Å². The van der Waals surface area contributed by atoms with Crippen LogP contribution in [-0.2, 0) is 11.4 Å². The molecule has 0 radical (unpaired) electrons. The highest BCUT2D eigenvalue weighted by atomic mass is 35.5.